The van der Waals surface area contributed by atoms with Crippen LogP contribution in [0.4, 0.5) is 4.39 Å². The molecule has 1 atom stereocenters. The fourth-order valence-electron chi connectivity index (χ4n) is 2.68. The Morgan fingerprint density at radius 2 is 1.97 bits per heavy atom. The van der Waals surface area contributed by atoms with Crippen molar-refractivity contribution < 1.29 is 18.7 Å². The molecule has 1 unspecified atom stereocenters. The molecule has 0 spiro atoms. The van der Waals surface area contributed by atoms with Gasteiger partial charge in [-0.05, 0) is 61.7 Å². The Balaban J connectivity index is 1.63. The van der Waals surface area contributed by atoms with Gasteiger partial charge in [0.15, 0.2) is 16.7 Å². The van der Waals surface area contributed by atoms with E-state index < -0.39 is 0 Å². The van der Waals surface area contributed by atoms with E-state index in [-0.39, 0.29) is 23.1 Å². The predicted molar refractivity (Wildman–Crippen MR) is 113 cm³/mol. The van der Waals surface area contributed by atoms with Gasteiger partial charge in [0.1, 0.15) is 5.82 Å². The summed E-state index contributed by atoms with van der Waals surface area (Å²) in [5.41, 5.74) is 1.68. The number of thioether (sulfide) groups is 1. The van der Waals surface area contributed by atoms with E-state index >= 15 is 0 Å². The summed E-state index contributed by atoms with van der Waals surface area (Å²) < 4.78 is 24.0. The number of rotatable bonds is 7. The molecule has 29 heavy (non-hydrogen) atoms. The fourth-order valence-corrected chi connectivity index (χ4v) is 3.65. The van der Waals surface area contributed by atoms with Crippen LogP contribution < -0.4 is 14.8 Å². The van der Waals surface area contributed by atoms with Crippen LogP contribution in [0.3, 0.4) is 0 Å². The third kappa shape index (κ3) is 5.80. The van der Waals surface area contributed by atoms with Crippen LogP contribution in [-0.2, 0) is 11.2 Å². The molecule has 0 radical (unpaired) electrons. The summed E-state index contributed by atoms with van der Waals surface area (Å²) in [5, 5.41) is 11.0. The first-order valence-electron chi connectivity index (χ1n) is 9.12. The topological polar surface area (TPSA) is 72.3 Å². The summed E-state index contributed by atoms with van der Waals surface area (Å²) in [6.07, 6.45) is 2.11. The minimum Gasteiger partial charge on any atom is -0.493 e. The Labute approximate surface area is 173 Å². The number of nitrogens with zero attached hydrogens (tertiary/aromatic N) is 2. The van der Waals surface area contributed by atoms with Gasteiger partial charge in [-0.3, -0.25) is 4.79 Å². The van der Waals surface area contributed by atoms with Crippen molar-refractivity contribution in [2.45, 2.75) is 31.6 Å². The zero-order valence-electron chi connectivity index (χ0n) is 16.4. The monoisotopic (exact) mass is 415 g/mol. The number of hydrogen-bond donors (Lipinski definition) is 1. The Kier molecular flexibility index (Phi) is 6.87. The van der Waals surface area contributed by atoms with Crippen molar-refractivity contribution in [3.63, 3.8) is 0 Å². The van der Waals surface area contributed by atoms with Crippen LogP contribution in [0.15, 0.2) is 52.7 Å². The van der Waals surface area contributed by atoms with Crippen LogP contribution in [0.1, 0.15) is 25.0 Å². The van der Waals surface area contributed by atoms with E-state index in [0.717, 1.165) is 11.1 Å². The molecule has 152 valence electrons. The molecule has 0 bridgehead atoms. The number of halogens is 1. The molecule has 3 rings (SSSR count). The zero-order valence-corrected chi connectivity index (χ0v) is 17.2. The number of carbonyl (C=O) groups excluding carboxylic acids is 1. The average molecular weight is 415 g/mol. The second-order valence-electron chi connectivity index (χ2n) is 6.65. The van der Waals surface area contributed by atoms with Crippen molar-refractivity contribution in [3.8, 4) is 11.5 Å². The van der Waals surface area contributed by atoms with Crippen LogP contribution in [0.2, 0.25) is 0 Å². The summed E-state index contributed by atoms with van der Waals surface area (Å²) in [6.45, 7) is 3.89. The van der Waals surface area contributed by atoms with Crippen molar-refractivity contribution in [1.29, 1.82) is 0 Å². The lowest BCUT2D eigenvalue weighted by molar-refractivity contribution is -0.118. The molecular weight excluding hydrogens is 393 g/mol. The first-order valence-corrected chi connectivity index (χ1v) is 10.00. The van der Waals surface area contributed by atoms with E-state index in [1.54, 1.807) is 31.5 Å². The molecule has 0 saturated carbocycles. The highest BCUT2D eigenvalue weighted by molar-refractivity contribution is 8.15. The lowest BCUT2D eigenvalue weighted by Crippen LogP contribution is -2.25. The van der Waals surface area contributed by atoms with E-state index in [1.165, 1.54) is 23.9 Å². The molecule has 2 aromatic carbocycles. The third-order valence-electron chi connectivity index (χ3n) is 4.02. The van der Waals surface area contributed by atoms with E-state index in [0.29, 0.717) is 23.1 Å². The molecule has 2 aromatic rings. The van der Waals surface area contributed by atoms with Crippen LogP contribution in [-0.4, -0.2) is 35.8 Å². The van der Waals surface area contributed by atoms with Gasteiger partial charge in [0.25, 0.3) is 0 Å². The number of ether oxygens (including phenoxy) is 2. The smallest absolute Gasteiger partial charge is 0.239 e. The molecule has 1 saturated heterocycles. The standard InChI is InChI=1S/C21H22FN3O3S/c1-13(2)28-17-9-6-15(10-18(17)27-3)12-23-25-21-24-20(26)19(29-21)11-14-4-7-16(22)8-5-14/h4-10,12-13,19H,11H2,1-3H3,(H,24,25,26)/b23-12+. The molecule has 1 fully saturated rings. The second-order valence-corrected chi connectivity index (χ2v) is 7.84. The molecule has 1 N–H and O–H groups in total. The summed E-state index contributed by atoms with van der Waals surface area (Å²) in [5.74, 6) is 0.839. The zero-order chi connectivity index (χ0) is 20.8. The molecule has 8 heteroatoms. The highest BCUT2D eigenvalue weighted by Gasteiger charge is 2.30. The molecule has 0 aromatic heterocycles. The minimum absolute atomic E-state index is 0.0423. The Hall–Kier alpha value is -2.87. The lowest BCUT2D eigenvalue weighted by atomic mass is 10.1. The Morgan fingerprint density at radius 1 is 1.21 bits per heavy atom. The van der Waals surface area contributed by atoms with E-state index in [2.05, 4.69) is 15.5 Å². The third-order valence-corrected chi connectivity index (χ3v) is 5.09. The molecule has 1 aliphatic heterocycles. The maximum Gasteiger partial charge on any atom is 0.239 e. The summed E-state index contributed by atoms with van der Waals surface area (Å²) in [4.78, 5) is 12.1. The van der Waals surface area contributed by atoms with Crippen LogP contribution in [0, 0.1) is 5.82 Å². The maximum absolute atomic E-state index is 13.0. The highest BCUT2D eigenvalue weighted by atomic mass is 32.2. The van der Waals surface area contributed by atoms with Crippen molar-refractivity contribution >= 4 is 29.1 Å². The van der Waals surface area contributed by atoms with E-state index in [4.69, 9.17) is 9.47 Å². The minimum atomic E-state index is -0.318. The highest BCUT2D eigenvalue weighted by Crippen LogP contribution is 2.28. The number of benzene rings is 2. The van der Waals surface area contributed by atoms with E-state index in [9.17, 15) is 9.18 Å². The van der Waals surface area contributed by atoms with Crippen LogP contribution in [0.5, 0.6) is 11.5 Å². The van der Waals surface area contributed by atoms with Gasteiger partial charge < -0.3 is 14.8 Å². The van der Waals surface area contributed by atoms with Crippen LogP contribution >= 0.6 is 11.8 Å². The summed E-state index contributed by atoms with van der Waals surface area (Å²) in [6, 6.07) is 11.6. The second kappa shape index (κ2) is 9.56. The SMILES string of the molecule is COc1cc(/C=N/N=C2\NC(=O)C(Cc3ccc(F)cc3)S2)ccc1OC(C)C. The maximum atomic E-state index is 13.0. The van der Waals surface area contributed by atoms with Gasteiger partial charge >= 0.3 is 0 Å². The van der Waals surface area contributed by atoms with Gasteiger partial charge in [-0.2, -0.15) is 5.10 Å². The number of nitrogens with one attached hydrogen (secondary N) is 1. The molecule has 0 aliphatic carbocycles. The quantitative estimate of drug-likeness (QED) is 0.552. The lowest BCUT2D eigenvalue weighted by Gasteiger charge is -2.13. The van der Waals surface area contributed by atoms with Crippen molar-refractivity contribution in [1.82, 2.24) is 5.32 Å². The molecule has 1 amide bonds. The number of methoxy groups -OCH3 is 1. The number of amides is 1. The van der Waals surface area contributed by atoms with E-state index in [1.807, 2.05) is 26.0 Å². The molecule has 1 heterocycles. The molecular formula is C21H22FN3O3S. The largest absolute Gasteiger partial charge is 0.493 e. The summed E-state index contributed by atoms with van der Waals surface area (Å²) in [7, 11) is 1.58. The van der Waals surface area contributed by atoms with Crippen molar-refractivity contribution in [2.75, 3.05) is 7.11 Å². The van der Waals surface area contributed by atoms with Gasteiger partial charge in [0.2, 0.25) is 5.91 Å². The van der Waals surface area contributed by atoms with Crippen molar-refractivity contribution in [2.24, 2.45) is 10.2 Å². The van der Waals surface area contributed by atoms with Crippen molar-refractivity contribution in [3.05, 3.63) is 59.4 Å². The predicted octanol–water partition coefficient (Wildman–Crippen LogP) is 3.79. The van der Waals surface area contributed by atoms with Gasteiger partial charge in [-0.1, -0.05) is 23.9 Å². The van der Waals surface area contributed by atoms with Crippen LogP contribution in [0.25, 0.3) is 0 Å². The number of hydrogen-bond acceptors (Lipinski definition) is 6. The Bertz CT molecular complexity index is 929. The number of amidine groups is 1. The fraction of sp³-hybridized carbons (Fsp3) is 0.286. The summed E-state index contributed by atoms with van der Waals surface area (Å²) >= 11 is 1.31. The van der Waals surface area contributed by atoms with Gasteiger partial charge in [0.05, 0.1) is 24.7 Å². The molecule has 1 aliphatic rings. The Morgan fingerprint density at radius 3 is 2.66 bits per heavy atom. The average Bonchev–Trinajstić information content (AvgIpc) is 3.03. The normalized spacial score (nSPS) is 17.9. The first-order chi connectivity index (χ1) is 13.9. The first kappa shape index (κ1) is 20.9. The molecule has 6 nitrogen and oxygen atoms in total. The van der Waals surface area contributed by atoms with Gasteiger partial charge in [0, 0.05) is 0 Å². The number of carbonyl (C=O) groups is 1. The van der Waals surface area contributed by atoms with Gasteiger partial charge in [-0.25, -0.2) is 4.39 Å². The van der Waals surface area contributed by atoms with Gasteiger partial charge in [-0.15, -0.1) is 5.10 Å².